The van der Waals surface area contributed by atoms with Crippen molar-refractivity contribution in [1.29, 1.82) is 0 Å². The first-order valence-corrected chi connectivity index (χ1v) is 18.8. The summed E-state index contributed by atoms with van der Waals surface area (Å²) in [7, 11) is 1.64. The maximum Gasteiger partial charge on any atom is 0.411 e. The molecule has 1 saturated carbocycles. The van der Waals surface area contributed by atoms with Crippen LogP contribution >= 0.6 is 11.6 Å². The van der Waals surface area contributed by atoms with Crippen molar-refractivity contribution in [2.75, 3.05) is 20.3 Å². The molecule has 3 aromatic rings. The zero-order chi connectivity index (χ0) is 38.0. The van der Waals surface area contributed by atoms with Gasteiger partial charge in [0.05, 0.1) is 19.8 Å². The number of methoxy groups -OCH3 is 1. The number of aryl methyl sites for hydroxylation is 1. The van der Waals surface area contributed by atoms with Crippen LogP contribution in [0.4, 0.5) is 13.6 Å². The molecular weight excluding hydrogens is 702 g/mol. The number of nitrogens with zero attached hydrogens (tertiary/aromatic N) is 2. The van der Waals surface area contributed by atoms with E-state index in [2.05, 4.69) is 0 Å². The molecule has 0 spiro atoms. The van der Waals surface area contributed by atoms with E-state index in [1.165, 1.54) is 0 Å². The number of aliphatic hydroxyl groups excluding tert-OH is 1. The fraction of sp³-hybridized carbons (Fsp3) is 0.476. The summed E-state index contributed by atoms with van der Waals surface area (Å²) in [6.07, 6.45) is 3.98. The van der Waals surface area contributed by atoms with Crippen LogP contribution in [-0.2, 0) is 22.5 Å². The molecule has 0 radical (unpaired) electrons. The van der Waals surface area contributed by atoms with Crippen molar-refractivity contribution >= 4 is 29.2 Å². The number of halogens is 3. The molecule has 1 N–H and O–H groups in total. The molecule has 1 aliphatic carbocycles. The smallest absolute Gasteiger partial charge is 0.411 e. The number of benzene rings is 3. The van der Waals surface area contributed by atoms with Crippen LogP contribution in [0, 0.1) is 24.5 Å². The van der Waals surface area contributed by atoms with Gasteiger partial charge in [0.1, 0.15) is 22.2 Å². The predicted molar refractivity (Wildman–Crippen MR) is 200 cm³/mol. The molecule has 2 aliphatic heterocycles. The van der Waals surface area contributed by atoms with E-state index in [0.717, 1.165) is 58.6 Å². The number of piperidine rings is 1. The molecule has 53 heavy (non-hydrogen) atoms. The molecule has 6 rings (SSSR count). The maximum absolute atomic E-state index is 15.1. The number of rotatable bonds is 12. The van der Waals surface area contributed by atoms with E-state index in [0.29, 0.717) is 44.2 Å². The number of fused-ring (bicyclic) bond motifs is 2. The summed E-state index contributed by atoms with van der Waals surface area (Å²) in [6, 6.07) is 15.1. The Balaban J connectivity index is 1.32. The summed E-state index contributed by atoms with van der Waals surface area (Å²) in [5.41, 5.74) is 4.64. The third-order valence-corrected chi connectivity index (χ3v) is 10.8. The van der Waals surface area contributed by atoms with Gasteiger partial charge in [0.15, 0.2) is 11.6 Å². The van der Waals surface area contributed by atoms with Crippen LogP contribution in [0.1, 0.15) is 81.5 Å². The molecular formula is C42H49ClF2N2O6. The van der Waals surface area contributed by atoms with E-state index in [4.69, 9.17) is 25.8 Å². The van der Waals surface area contributed by atoms with Crippen LogP contribution in [0.5, 0.6) is 11.5 Å². The van der Waals surface area contributed by atoms with E-state index < -0.39 is 29.4 Å². The zero-order valence-corrected chi connectivity index (χ0v) is 31.8. The van der Waals surface area contributed by atoms with Crippen LogP contribution in [0.15, 0.2) is 60.2 Å². The Labute approximate surface area is 315 Å². The average Bonchev–Trinajstić information content (AvgIpc) is 3.96. The molecule has 3 atom stereocenters. The van der Waals surface area contributed by atoms with Gasteiger partial charge in [0.2, 0.25) is 0 Å². The predicted octanol–water partition coefficient (Wildman–Crippen LogP) is 8.67. The molecule has 8 nitrogen and oxygen atoms in total. The van der Waals surface area contributed by atoms with Gasteiger partial charge >= 0.3 is 6.09 Å². The fourth-order valence-corrected chi connectivity index (χ4v) is 7.86. The van der Waals surface area contributed by atoms with Gasteiger partial charge in [-0.3, -0.25) is 9.69 Å². The Hall–Kier alpha value is -4.15. The lowest BCUT2D eigenvalue weighted by Gasteiger charge is -2.50. The molecule has 1 saturated heterocycles. The SMILES string of the molecule is COc1cccc(CN(C(=O)C2=C(c3ccc(CCCOc4c(F)ccc(F)c4Cl)cc3)CC3CC(CO)CC2N3C(=O)OC(C)(C)C)C2CC2)c1C. The topological polar surface area (TPSA) is 88.5 Å². The third kappa shape index (κ3) is 8.65. The van der Waals surface area contributed by atoms with E-state index in [1.807, 2.05) is 75.1 Å². The highest BCUT2D eigenvalue weighted by Gasteiger charge is 2.49. The van der Waals surface area contributed by atoms with Gasteiger partial charge in [-0.25, -0.2) is 13.6 Å². The second-order valence-corrected chi connectivity index (χ2v) is 15.8. The van der Waals surface area contributed by atoms with E-state index in [1.54, 1.807) is 12.0 Å². The van der Waals surface area contributed by atoms with E-state index >= 15 is 4.79 Å². The zero-order valence-electron chi connectivity index (χ0n) is 31.1. The number of hydrogen-bond acceptors (Lipinski definition) is 6. The molecule has 3 aromatic carbocycles. The summed E-state index contributed by atoms with van der Waals surface area (Å²) < 4.78 is 45.0. The van der Waals surface area contributed by atoms with Crippen LogP contribution < -0.4 is 9.47 Å². The Morgan fingerprint density at radius 2 is 1.74 bits per heavy atom. The van der Waals surface area contributed by atoms with Gasteiger partial charge in [0.25, 0.3) is 5.91 Å². The molecule has 2 heterocycles. The first-order chi connectivity index (χ1) is 25.3. The number of hydrogen-bond donors (Lipinski definition) is 1. The van der Waals surface area contributed by atoms with Gasteiger partial charge in [-0.1, -0.05) is 48.0 Å². The van der Waals surface area contributed by atoms with Crippen molar-refractivity contribution in [1.82, 2.24) is 9.80 Å². The van der Waals surface area contributed by atoms with E-state index in [9.17, 15) is 18.7 Å². The average molecular weight is 751 g/mol. The highest BCUT2D eigenvalue weighted by Crippen LogP contribution is 2.46. The summed E-state index contributed by atoms with van der Waals surface area (Å²) in [5, 5.41) is 9.99. The molecule has 2 bridgehead atoms. The normalized spacial score (nSPS) is 19.9. The lowest BCUT2D eigenvalue weighted by molar-refractivity contribution is -0.129. The Kier molecular flexibility index (Phi) is 11.7. The van der Waals surface area contributed by atoms with Crippen LogP contribution in [0.3, 0.4) is 0 Å². The standard InChI is InChI=1S/C42H49ClF2N2O6/c1-25-29(9-6-10-36(25)51-5)23-46(30-15-16-30)40(49)37-32(22-31-20-27(24-48)21-35(37)47(31)41(50)53-42(2,3)4)28-13-11-26(12-14-28)8-7-19-52-39-34(45)18-17-33(44)38(39)43/h6,9-14,17-18,27,30-31,35,48H,7-8,15-16,19-24H2,1-5H3. The summed E-state index contributed by atoms with van der Waals surface area (Å²) in [6.45, 7) is 8.02. The highest BCUT2D eigenvalue weighted by atomic mass is 35.5. The number of ether oxygens (including phenoxy) is 3. The molecule has 3 aliphatic rings. The second kappa shape index (κ2) is 16.1. The van der Waals surface area contributed by atoms with Crippen molar-refractivity contribution < 1.29 is 37.7 Å². The van der Waals surface area contributed by atoms with Crippen molar-refractivity contribution in [2.24, 2.45) is 5.92 Å². The van der Waals surface area contributed by atoms with Gasteiger partial charge in [0, 0.05) is 30.8 Å². The molecule has 284 valence electrons. The van der Waals surface area contributed by atoms with Crippen molar-refractivity contribution in [3.05, 3.63) is 99.1 Å². The van der Waals surface area contributed by atoms with Gasteiger partial charge < -0.3 is 24.2 Å². The van der Waals surface area contributed by atoms with Crippen molar-refractivity contribution in [3.63, 3.8) is 0 Å². The molecule has 0 aromatic heterocycles. The Morgan fingerprint density at radius 1 is 1.02 bits per heavy atom. The summed E-state index contributed by atoms with van der Waals surface area (Å²) in [4.78, 5) is 32.7. The molecule has 3 unspecified atom stereocenters. The third-order valence-electron chi connectivity index (χ3n) is 10.4. The minimum absolute atomic E-state index is 0.0300. The minimum Gasteiger partial charge on any atom is -0.496 e. The van der Waals surface area contributed by atoms with Crippen molar-refractivity contribution in [2.45, 2.75) is 103 Å². The number of amides is 2. The summed E-state index contributed by atoms with van der Waals surface area (Å²) >= 11 is 5.91. The minimum atomic E-state index is -0.741. The Bertz CT molecular complexity index is 1860. The van der Waals surface area contributed by atoms with Crippen molar-refractivity contribution in [3.8, 4) is 11.5 Å². The molecule has 11 heteroatoms. The largest absolute Gasteiger partial charge is 0.496 e. The van der Waals surface area contributed by atoms with Crippen LogP contribution in [0.25, 0.3) is 5.57 Å². The molecule has 2 amide bonds. The Morgan fingerprint density at radius 3 is 2.40 bits per heavy atom. The van der Waals surface area contributed by atoms with Crippen LogP contribution in [-0.4, -0.2) is 71.0 Å². The lowest BCUT2D eigenvalue weighted by atomic mass is 9.73. The van der Waals surface area contributed by atoms with Gasteiger partial charge in [-0.2, -0.15) is 0 Å². The number of carbonyl (C=O) groups excluding carboxylic acids is 2. The second-order valence-electron chi connectivity index (χ2n) is 15.4. The lowest BCUT2D eigenvalue weighted by Crippen LogP contribution is -2.58. The van der Waals surface area contributed by atoms with Gasteiger partial charge in [-0.05, 0) is 125 Å². The number of aliphatic hydroxyl groups is 1. The fourth-order valence-electron chi connectivity index (χ4n) is 7.66. The highest BCUT2D eigenvalue weighted by molar-refractivity contribution is 6.32. The first kappa shape index (κ1) is 38.6. The monoisotopic (exact) mass is 750 g/mol. The maximum atomic E-state index is 15.1. The van der Waals surface area contributed by atoms with E-state index in [-0.39, 0.29) is 47.9 Å². The summed E-state index contributed by atoms with van der Waals surface area (Å²) in [5.74, 6) is -1.16. The van der Waals surface area contributed by atoms with Gasteiger partial charge in [-0.15, -0.1) is 0 Å². The molecule has 2 fully saturated rings. The number of carbonyl (C=O) groups is 2. The quantitative estimate of drug-likeness (QED) is 0.147. The van der Waals surface area contributed by atoms with Crippen LogP contribution in [0.2, 0.25) is 5.02 Å². The first-order valence-electron chi connectivity index (χ1n) is 18.4.